The fourth-order valence-corrected chi connectivity index (χ4v) is 3.21. The lowest BCUT2D eigenvalue weighted by atomic mass is 9.82. The number of hydrogen-bond donors (Lipinski definition) is 2. The van der Waals surface area contributed by atoms with E-state index in [1.165, 1.54) is 23.8 Å². The maximum absolute atomic E-state index is 10.1. The predicted molar refractivity (Wildman–Crippen MR) is 75.0 cm³/mol. The Hall–Kier alpha value is -0.990. The number of hydrogen-bond acceptors (Lipinski definition) is 1. The highest BCUT2D eigenvalue weighted by Crippen LogP contribution is 2.30. The third-order valence-corrected chi connectivity index (χ3v) is 4.32. The molecule has 0 radical (unpaired) electrons. The van der Waals surface area contributed by atoms with Crippen LogP contribution < -0.4 is 0 Å². The van der Waals surface area contributed by atoms with E-state index in [-0.39, 0.29) is 6.10 Å². The van der Waals surface area contributed by atoms with Crippen molar-refractivity contribution in [3.05, 3.63) is 35.0 Å². The van der Waals surface area contributed by atoms with Crippen LogP contribution in [0.5, 0.6) is 0 Å². The van der Waals surface area contributed by atoms with Crippen molar-refractivity contribution in [2.45, 2.75) is 38.2 Å². The highest BCUT2D eigenvalue weighted by atomic mass is 35.5. The molecule has 1 aromatic carbocycles. The van der Waals surface area contributed by atoms with Gasteiger partial charge in [0.15, 0.2) is 0 Å². The van der Waals surface area contributed by atoms with E-state index in [9.17, 15) is 5.11 Å². The summed E-state index contributed by atoms with van der Waals surface area (Å²) in [4.78, 5) is 3.27. The standard InChI is InChI=1S/C15H18ClNO/c16-12-5-6-13-11(9-17-14(13)8-12)7-10-3-1-2-4-15(10)18/h5-6,8-10,15,17-18H,1-4,7H2. The first kappa shape index (κ1) is 12.1. The molecule has 0 bridgehead atoms. The molecular weight excluding hydrogens is 246 g/mol. The van der Waals surface area contributed by atoms with E-state index in [0.29, 0.717) is 5.92 Å². The predicted octanol–water partition coefficient (Wildman–Crippen LogP) is 3.91. The van der Waals surface area contributed by atoms with Gasteiger partial charge in [0.05, 0.1) is 6.10 Å². The summed E-state index contributed by atoms with van der Waals surface area (Å²) in [5.74, 6) is 0.411. The van der Waals surface area contributed by atoms with Crippen molar-refractivity contribution < 1.29 is 5.11 Å². The minimum absolute atomic E-state index is 0.129. The molecule has 0 saturated heterocycles. The zero-order valence-electron chi connectivity index (χ0n) is 10.3. The van der Waals surface area contributed by atoms with Gasteiger partial charge >= 0.3 is 0 Å². The largest absolute Gasteiger partial charge is 0.393 e. The van der Waals surface area contributed by atoms with E-state index >= 15 is 0 Å². The number of aliphatic hydroxyl groups excluding tert-OH is 1. The van der Waals surface area contributed by atoms with E-state index in [1.54, 1.807) is 0 Å². The van der Waals surface area contributed by atoms with E-state index in [0.717, 1.165) is 29.8 Å². The lowest BCUT2D eigenvalue weighted by Crippen LogP contribution is -2.26. The van der Waals surface area contributed by atoms with Crippen LogP contribution in [0.4, 0.5) is 0 Å². The van der Waals surface area contributed by atoms with Crippen molar-refractivity contribution in [2.75, 3.05) is 0 Å². The molecule has 2 atom stereocenters. The van der Waals surface area contributed by atoms with Crippen LogP contribution in [0.1, 0.15) is 31.2 Å². The number of nitrogens with one attached hydrogen (secondary N) is 1. The van der Waals surface area contributed by atoms with Gasteiger partial charge in [0.25, 0.3) is 0 Å². The minimum Gasteiger partial charge on any atom is -0.393 e. The van der Waals surface area contributed by atoms with Gasteiger partial charge in [-0.2, -0.15) is 0 Å². The van der Waals surface area contributed by atoms with E-state index in [4.69, 9.17) is 11.6 Å². The minimum atomic E-state index is -0.129. The van der Waals surface area contributed by atoms with Crippen molar-refractivity contribution in [3.8, 4) is 0 Å². The van der Waals surface area contributed by atoms with Gasteiger partial charge in [0.2, 0.25) is 0 Å². The summed E-state index contributed by atoms with van der Waals surface area (Å²) in [6.45, 7) is 0. The number of fused-ring (bicyclic) bond motifs is 1. The SMILES string of the molecule is OC1CCCCC1Cc1c[nH]c2cc(Cl)ccc12. The number of halogens is 1. The van der Waals surface area contributed by atoms with Gasteiger partial charge in [-0.15, -0.1) is 0 Å². The Morgan fingerprint density at radius 1 is 1.28 bits per heavy atom. The molecule has 1 heterocycles. The molecule has 2 unspecified atom stereocenters. The lowest BCUT2D eigenvalue weighted by molar-refractivity contribution is 0.0702. The highest BCUT2D eigenvalue weighted by Gasteiger charge is 2.23. The van der Waals surface area contributed by atoms with Crippen LogP contribution in [0.2, 0.25) is 5.02 Å². The first-order chi connectivity index (χ1) is 8.74. The molecule has 1 aliphatic carbocycles. The topological polar surface area (TPSA) is 36.0 Å². The second kappa shape index (κ2) is 4.94. The summed E-state index contributed by atoms with van der Waals surface area (Å²) in [6.07, 6.45) is 7.40. The molecule has 0 aliphatic heterocycles. The first-order valence-electron chi connectivity index (χ1n) is 6.67. The molecule has 96 valence electrons. The molecule has 2 N–H and O–H groups in total. The molecular formula is C15H18ClNO. The average molecular weight is 264 g/mol. The molecule has 2 aromatic rings. The quantitative estimate of drug-likeness (QED) is 0.847. The first-order valence-corrected chi connectivity index (χ1v) is 7.05. The maximum Gasteiger partial charge on any atom is 0.0571 e. The second-order valence-corrected chi connectivity index (χ2v) is 5.76. The zero-order chi connectivity index (χ0) is 12.5. The van der Waals surface area contributed by atoms with Crippen LogP contribution >= 0.6 is 11.6 Å². The van der Waals surface area contributed by atoms with Crippen LogP contribution in [0, 0.1) is 5.92 Å². The number of aromatic nitrogens is 1. The molecule has 1 fully saturated rings. The van der Waals surface area contributed by atoms with Crippen molar-refractivity contribution in [3.63, 3.8) is 0 Å². The average Bonchev–Trinajstić information content (AvgIpc) is 2.74. The third kappa shape index (κ3) is 2.27. The summed E-state index contributed by atoms with van der Waals surface area (Å²) in [5.41, 5.74) is 2.38. The van der Waals surface area contributed by atoms with Crippen LogP contribution in [0.3, 0.4) is 0 Å². The van der Waals surface area contributed by atoms with Crippen molar-refractivity contribution in [1.29, 1.82) is 0 Å². The number of aliphatic hydroxyl groups is 1. The number of aromatic amines is 1. The molecule has 3 rings (SSSR count). The van der Waals surface area contributed by atoms with Gasteiger partial charge in [-0.3, -0.25) is 0 Å². The van der Waals surface area contributed by atoms with Crippen molar-refractivity contribution >= 4 is 22.5 Å². The maximum atomic E-state index is 10.1. The van der Waals surface area contributed by atoms with Gasteiger partial charge in [-0.1, -0.05) is 30.5 Å². The molecule has 0 spiro atoms. The summed E-state index contributed by atoms with van der Waals surface area (Å²) in [7, 11) is 0. The van der Waals surface area contributed by atoms with E-state index < -0.39 is 0 Å². The highest BCUT2D eigenvalue weighted by molar-refractivity contribution is 6.31. The van der Waals surface area contributed by atoms with Crippen molar-refractivity contribution in [1.82, 2.24) is 4.98 Å². The summed E-state index contributed by atoms with van der Waals surface area (Å²) < 4.78 is 0. The van der Waals surface area contributed by atoms with Gasteiger partial charge < -0.3 is 10.1 Å². The Labute approximate surface area is 112 Å². The van der Waals surface area contributed by atoms with Gasteiger partial charge in [0.1, 0.15) is 0 Å². The molecule has 18 heavy (non-hydrogen) atoms. The smallest absolute Gasteiger partial charge is 0.0571 e. The van der Waals surface area contributed by atoms with Gasteiger partial charge in [0, 0.05) is 22.1 Å². The molecule has 1 aromatic heterocycles. The Morgan fingerprint density at radius 3 is 2.94 bits per heavy atom. The molecule has 2 nitrogen and oxygen atoms in total. The number of H-pyrrole nitrogens is 1. The number of benzene rings is 1. The summed E-state index contributed by atoms with van der Waals surface area (Å²) in [5, 5.41) is 12.0. The van der Waals surface area contributed by atoms with Gasteiger partial charge in [-0.05, 0) is 42.9 Å². The lowest BCUT2D eigenvalue weighted by Gasteiger charge is -2.27. The molecule has 1 aliphatic rings. The third-order valence-electron chi connectivity index (χ3n) is 4.08. The monoisotopic (exact) mass is 263 g/mol. The second-order valence-electron chi connectivity index (χ2n) is 5.32. The Bertz CT molecular complexity index is 548. The number of rotatable bonds is 2. The van der Waals surface area contributed by atoms with Crippen molar-refractivity contribution in [2.24, 2.45) is 5.92 Å². The Balaban J connectivity index is 1.86. The fourth-order valence-electron chi connectivity index (χ4n) is 3.04. The molecule has 1 saturated carbocycles. The normalized spacial score (nSPS) is 24.6. The van der Waals surface area contributed by atoms with Gasteiger partial charge in [-0.25, -0.2) is 0 Å². The zero-order valence-corrected chi connectivity index (χ0v) is 11.1. The van der Waals surface area contributed by atoms with E-state index in [1.807, 2.05) is 12.1 Å². The van der Waals surface area contributed by atoms with E-state index in [2.05, 4.69) is 17.2 Å². The fraction of sp³-hybridized carbons (Fsp3) is 0.467. The van der Waals surface area contributed by atoms with Crippen LogP contribution in [-0.4, -0.2) is 16.2 Å². The van der Waals surface area contributed by atoms with Crippen LogP contribution in [0.15, 0.2) is 24.4 Å². The van der Waals surface area contributed by atoms with Crippen LogP contribution in [-0.2, 0) is 6.42 Å². The Morgan fingerprint density at radius 2 is 2.11 bits per heavy atom. The Kier molecular flexibility index (Phi) is 3.31. The summed E-state index contributed by atoms with van der Waals surface area (Å²) in [6, 6.07) is 5.95. The molecule has 3 heteroatoms. The van der Waals surface area contributed by atoms with Crippen LogP contribution in [0.25, 0.3) is 10.9 Å². The summed E-state index contributed by atoms with van der Waals surface area (Å²) >= 11 is 5.98. The molecule has 0 amide bonds.